The Labute approximate surface area is 232 Å². The molecule has 2 nitrogen and oxygen atoms in total. The predicted octanol–water partition coefficient (Wildman–Crippen LogP) is 7.44. The molecule has 0 radical (unpaired) electrons. The monoisotopic (exact) mass is 519 g/mol. The minimum absolute atomic E-state index is 0.208. The van der Waals surface area contributed by atoms with E-state index >= 15 is 0 Å². The Morgan fingerprint density at radius 3 is 2.21 bits per heavy atom. The first-order valence-corrected chi connectivity index (χ1v) is 14.3. The molecule has 39 heavy (non-hydrogen) atoms. The Bertz CT molecular complexity index is 2080. The molecule has 0 N–H and O–H groups in total. The number of furan rings is 1. The second kappa shape index (κ2) is 8.43. The molecule has 0 fully saturated rings. The summed E-state index contributed by atoms with van der Waals surface area (Å²) in [5.74, 6) is 0. The molecule has 0 amide bonds. The number of fused-ring (bicyclic) bond motifs is 7. The largest absolute Gasteiger partial charge is 0.439 e. The summed E-state index contributed by atoms with van der Waals surface area (Å²) in [7, 11) is 0. The van der Waals surface area contributed by atoms with Crippen molar-refractivity contribution in [2.75, 3.05) is 0 Å². The Kier molecular flexibility index (Phi) is 4.93. The van der Waals surface area contributed by atoms with Crippen LogP contribution in [0.3, 0.4) is 0 Å². The van der Waals surface area contributed by atoms with Gasteiger partial charge in [0.25, 0.3) is 0 Å². The van der Waals surface area contributed by atoms with Crippen LogP contribution in [0.25, 0.3) is 38.7 Å². The first kappa shape index (κ1) is 22.8. The highest BCUT2D eigenvalue weighted by molar-refractivity contribution is 8.00. The quantitative estimate of drug-likeness (QED) is 0.221. The van der Waals surface area contributed by atoms with Gasteiger partial charge in [-0.25, -0.2) is 0 Å². The number of aromatic nitrogens is 1. The summed E-state index contributed by atoms with van der Waals surface area (Å²) in [6, 6.07) is 37.5. The van der Waals surface area contributed by atoms with Crippen LogP contribution in [-0.4, -0.2) is 11.3 Å². The van der Waals surface area contributed by atoms with E-state index in [4.69, 9.17) is 4.42 Å². The van der Waals surface area contributed by atoms with Crippen LogP contribution < -0.4 is 16.4 Å². The van der Waals surface area contributed by atoms with E-state index in [9.17, 15) is 0 Å². The second-order valence-electron chi connectivity index (χ2n) is 10.7. The molecule has 8 rings (SSSR count). The molecule has 0 saturated carbocycles. The molecule has 1 aliphatic heterocycles. The number of nitrogens with zero attached hydrogens (tertiary/aromatic N) is 1. The third-order valence-electron chi connectivity index (χ3n) is 8.24. The van der Waals surface area contributed by atoms with Crippen LogP contribution >= 0.6 is 11.8 Å². The van der Waals surface area contributed by atoms with Crippen LogP contribution in [0.1, 0.15) is 16.7 Å². The van der Waals surface area contributed by atoms with E-state index in [1.807, 2.05) is 17.8 Å². The molecule has 0 atom stereocenters. The van der Waals surface area contributed by atoms with Crippen LogP contribution in [0.5, 0.6) is 0 Å². The van der Waals surface area contributed by atoms with Gasteiger partial charge in [-0.2, -0.15) is 0 Å². The average molecular weight is 519 g/mol. The standard InChI is InChI=1S/C35H26BNOS/c1-21-18-22(2)34(23(3)19-21)36-27-12-6-9-15-31(27)39-32-20-24(16-17-28(32)36)37-29-13-7-4-10-25(29)33-26-11-5-8-14-30(26)38-35(33)37/h4-20H,1-3H3. The van der Waals surface area contributed by atoms with E-state index in [1.54, 1.807) is 0 Å². The number of benzene rings is 5. The van der Waals surface area contributed by atoms with Gasteiger partial charge in [0.15, 0.2) is 0 Å². The van der Waals surface area contributed by atoms with E-state index in [0.717, 1.165) is 22.4 Å². The molecule has 1 aliphatic rings. The van der Waals surface area contributed by atoms with Crippen molar-refractivity contribution in [3.63, 3.8) is 0 Å². The molecule has 0 bridgehead atoms. The van der Waals surface area contributed by atoms with Gasteiger partial charge in [-0.05, 0) is 51.1 Å². The third kappa shape index (κ3) is 3.31. The highest BCUT2D eigenvalue weighted by atomic mass is 32.2. The smallest absolute Gasteiger partial charge is 0.244 e. The Balaban J connectivity index is 1.39. The van der Waals surface area contributed by atoms with Crippen molar-refractivity contribution < 1.29 is 4.42 Å². The van der Waals surface area contributed by atoms with E-state index in [1.165, 1.54) is 59.2 Å². The number of rotatable bonds is 2. The molecule has 0 unspecified atom stereocenters. The maximum Gasteiger partial charge on any atom is 0.244 e. The first-order chi connectivity index (χ1) is 19.1. The average Bonchev–Trinajstić information content (AvgIpc) is 3.46. The van der Waals surface area contributed by atoms with Gasteiger partial charge < -0.3 is 4.42 Å². The van der Waals surface area contributed by atoms with Crippen molar-refractivity contribution in [3.05, 3.63) is 120 Å². The Hall–Kier alpha value is -4.15. The molecule has 0 spiro atoms. The van der Waals surface area contributed by atoms with Gasteiger partial charge in [-0.15, -0.1) is 0 Å². The fraction of sp³-hybridized carbons (Fsp3) is 0.0857. The van der Waals surface area contributed by atoms with Crippen LogP contribution in [0.15, 0.2) is 117 Å². The van der Waals surface area contributed by atoms with Gasteiger partial charge in [0.1, 0.15) is 5.58 Å². The maximum absolute atomic E-state index is 6.51. The minimum atomic E-state index is 0.208. The molecule has 5 aromatic carbocycles. The van der Waals surface area contributed by atoms with Crippen LogP contribution in [0.2, 0.25) is 0 Å². The van der Waals surface area contributed by atoms with Gasteiger partial charge in [0, 0.05) is 20.6 Å². The second-order valence-corrected chi connectivity index (χ2v) is 11.8. The lowest BCUT2D eigenvalue weighted by atomic mass is 9.35. The van der Waals surface area contributed by atoms with Crippen LogP contribution in [0.4, 0.5) is 0 Å². The normalized spacial score (nSPS) is 12.8. The number of hydrogen-bond acceptors (Lipinski definition) is 2. The van der Waals surface area contributed by atoms with E-state index < -0.39 is 0 Å². The highest BCUT2D eigenvalue weighted by Gasteiger charge is 2.33. The van der Waals surface area contributed by atoms with Crippen molar-refractivity contribution in [3.8, 4) is 5.69 Å². The summed E-state index contributed by atoms with van der Waals surface area (Å²) in [6.45, 7) is 6.92. The lowest BCUT2D eigenvalue weighted by Gasteiger charge is -2.29. The van der Waals surface area contributed by atoms with Crippen molar-refractivity contribution in [1.82, 2.24) is 4.57 Å². The lowest BCUT2D eigenvalue weighted by molar-refractivity contribution is 0.645. The summed E-state index contributed by atoms with van der Waals surface area (Å²) in [5, 5.41) is 3.56. The third-order valence-corrected chi connectivity index (χ3v) is 9.40. The first-order valence-electron chi connectivity index (χ1n) is 13.5. The fourth-order valence-electron chi connectivity index (χ4n) is 6.74. The molecule has 4 heteroatoms. The van der Waals surface area contributed by atoms with Crippen LogP contribution in [-0.2, 0) is 0 Å². The molecular weight excluding hydrogens is 493 g/mol. The van der Waals surface area contributed by atoms with Gasteiger partial charge in [-0.3, -0.25) is 4.57 Å². The molecular formula is C35H26BNOS. The Morgan fingerprint density at radius 1 is 0.667 bits per heavy atom. The SMILES string of the molecule is Cc1cc(C)c(B2c3ccccc3Sc3cc(-n4c5ccccc5c5c6ccccc6oc54)ccc32)c(C)c1. The zero-order valence-corrected chi connectivity index (χ0v) is 23.0. The number of aryl methyl sites for hydroxylation is 3. The van der Waals surface area contributed by atoms with Gasteiger partial charge in [-0.1, -0.05) is 118 Å². The predicted molar refractivity (Wildman–Crippen MR) is 166 cm³/mol. The van der Waals surface area contributed by atoms with E-state index in [0.29, 0.717) is 0 Å². The molecule has 7 aromatic rings. The fourth-order valence-corrected chi connectivity index (χ4v) is 7.91. The number of hydrogen-bond donors (Lipinski definition) is 0. The maximum atomic E-state index is 6.51. The minimum Gasteiger partial charge on any atom is -0.439 e. The summed E-state index contributed by atoms with van der Waals surface area (Å²) in [4.78, 5) is 2.63. The summed E-state index contributed by atoms with van der Waals surface area (Å²) < 4.78 is 8.81. The summed E-state index contributed by atoms with van der Waals surface area (Å²) in [5.41, 5.74) is 12.3. The van der Waals surface area contributed by atoms with E-state index in [-0.39, 0.29) is 6.71 Å². The van der Waals surface area contributed by atoms with Crippen molar-refractivity contribution in [2.45, 2.75) is 30.6 Å². The van der Waals surface area contributed by atoms with Crippen molar-refractivity contribution in [1.29, 1.82) is 0 Å². The van der Waals surface area contributed by atoms with E-state index in [2.05, 4.69) is 122 Å². The van der Waals surface area contributed by atoms with Crippen molar-refractivity contribution in [2.24, 2.45) is 0 Å². The highest BCUT2D eigenvalue weighted by Crippen LogP contribution is 2.40. The zero-order chi connectivity index (χ0) is 26.2. The number of para-hydroxylation sites is 2. The lowest BCUT2D eigenvalue weighted by Crippen LogP contribution is -2.56. The van der Waals surface area contributed by atoms with Crippen LogP contribution in [0, 0.1) is 20.8 Å². The van der Waals surface area contributed by atoms with Gasteiger partial charge in [0.05, 0.1) is 16.6 Å². The van der Waals surface area contributed by atoms with Gasteiger partial charge >= 0.3 is 0 Å². The summed E-state index contributed by atoms with van der Waals surface area (Å²) in [6.07, 6.45) is 0. The van der Waals surface area contributed by atoms with Crippen molar-refractivity contribution >= 4 is 67.8 Å². The molecule has 0 aliphatic carbocycles. The Morgan fingerprint density at radius 2 is 1.36 bits per heavy atom. The zero-order valence-electron chi connectivity index (χ0n) is 22.2. The molecule has 2 aromatic heterocycles. The summed E-state index contributed by atoms with van der Waals surface area (Å²) >= 11 is 1.88. The molecule has 0 saturated heterocycles. The molecule has 186 valence electrons. The molecule has 3 heterocycles. The topological polar surface area (TPSA) is 18.1 Å². The van der Waals surface area contributed by atoms with Gasteiger partial charge in [0.2, 0.25) is 12.4 Å².